The van der Waals surface area contributed by atoms with Crippen molar-refractivity contribution in [3.05, 3.63) is 0 Å². The second kappa shape index (κ2) is 9.82. The highest BCUT2D eigenvalue weighted by Gasteiger charge is 2.29. The summed E-state index contributed by atoms with van der Waals surface area (Å²) >= 11 is 0. The van der Waals surface area contributed by atoms with Gasteiger partial charge < -0.3 is 15.8 Å². The average molecular weight is 397 g/mol. The number of ether oxygens (including phenoxy) is 1. The average Bonchev–Trinajstić information content (AvgIpc) is 2.36. The summed E-state index contributed by atoms with van der Waals surface area (Å²) in [5, 5.41) is 3.06. The molecule has 5 heteroatoms. The summed E-state index contributed by atoms with van der Waals surface area (Å²) in [6, 6.07) is 0. The number of halogens is 1. The van der Waals surface area contributed by atoms with Crippen molar-refractivity contribution in [1.82, 2.24) is 5.32 Å². The molecular weight excluding hydrogens is 365 g/mol. The van der Waals surface area contributed by atoms with E-state index < -0.39 is 0 Å². The number of aliphatic imine (C=N–C) groups is 1. The highest BCUT2D eigenvalue weighted by atomic mass is 127. The molecule has 0 aliphatic heterocycles. The highest BCUT2D eigenvalue weighted by molar-refractivity contribution is 14.0. The topological polar surface area (TPSA) is 59.6 Å². The first-order valence-electron chi connectivity index (χ1n) is 7.46. The van der Waals surface area contributed by atoms with Crippen LogP contribution in [0.4, 0.5) is 0 Å². The lowest BCUT2D eigenvalue weighted by molar-refractivity contribution is 0.152. The van der Waals surface area contributed by atoms with Gasteiger partial charge in [-0.25, -0.2) is 0 Å². The fourth-order valence-electron chi connectivity index (χ4n) is 2.78. The quantitative estimate of drug-likeness (QED) is 0.325. The van der Waals surface area contributed by atoms with Crippen molar-refractivity contribution in [3.8, 4) is 0 Å². The fraction of sp³-hybridized carbons (Fsp3) is 0.933. The highest BCUT2D eigenvalue weighted by Crippen LogP contribution is 2.39. The van der Waals surface area contributed by atoms with E-state index in [1.165, 1.54) is 25.7 Å². The number of nitrogens with zero attached hydrogens (tertiary/aromatic N) is 1. The molecule has 0 aromatic rings. The monoisotopic (exact) mass is 397 g/mol. The molecular formula is C15H32IN3O. The van der Waals surface area contributed by atoms with Crippen molar-refractivity contribution in [2.24, 2.45) is 28.0 Å². The maximum Gasteiger partial charge on any atom is 0.188 e. The van der Waals surface area contributed by atoms with Crippen LogP contribution in [0.3, 0.4) is 0 Å². The lowest BCUT2D eigenvalue weighted by atomic mass is 9.70. The van der Waals surface area contributed by atoms with Crippen molar-refractivity contribution in [3.63, 3.8) is 0 Å². The molecule has 1 saturated carbocycles. The van der Waals surface area contributed by atoms with E-state index in [1.54, 1.807) is 7.11 Å². The smallest absolute Gasteiger partial charge is 0.188 e. The Bertz CT molecular complexity index is 281. The summed E-state index contributed by atoms with van der Waals surface area (Å²) in [6.45, 7) is 9.31. The molecule has 120 valence electrons. The van der Waals surface area contributed by atoms with E-state index in [4.69, 9.17) is 10.5 Å². The second-order valence-electron chi connectivity index (χ2n) is 6.73. The van der Waals surface area contributed by atoms with Crippen LogP contribution >= 0.6 is 24.0 Å². The summed E-state index contributed by atoms with van der Waals surface area (Å²) in [5.74, 6) is 2.13. The van der Waals surface area contributed by atoms with Crippen LogP contribution in [0.15, 0.2) is 4.99 Å². The molecule has 20 heavy (non-hydrogen) atoms. The minimum atomic E-state index is 0. The molecule has 0 heterocycles. The molecule has 0 aromatic carbocycles. The number of hydrogen-bond donors (Lipinski definition) is 2. The van der Waals surface area contributed by atoms with Crippen LogP contribution in [-0.2, 0) is 4.74 Å². The van der Waals surface area contributed by atoms with Gasteiger partial charge in [0, 0.05) is 20.2 Å². The molecule has 4 nitrogen and oxygen atoms in total. The number of hydrogen-bond acceptors (Lipinski definition) is 2. The standard InChI is InChI=1S/C15H31N3O.HI/c1-15(2,3)13-7-5-12(6-8-13)11-18-14(16)17-9-10-19-4;/h12-13H,5-11H2,1-4H3,(H3,16,17,18);1H. The van der Waals surface area contributed by atoms with Crippen LogP contribution in [-0.4, -0.2) is 32.8 Å². The van der Waals surface area contributed by atoms with Crippen molar-refractivity contribution in [2.45, 2.75) is 46.5 Å². The SMILES string of the molecule is COCCNC(N)=NCC1CCC(C(C)(C)C)CC1.I. The third-order valence-electron chi connectivity index (χ3n) is 4.20. The fourth-order valence-corrected chi connectivity index (χ4v) is 2.78. The summed E-state index contributed by atoms with van der Waals surface area (Å²) in [7, 11) is 1.68. The summed E-state index contributed by atoms with van der Waals surface area (Å²) in [6.07, 6.45) is 5.25. The van der Waals surface area contributed by atoms with E-state index in [0.29, 0.717) is 23.9 Å². The van der Waals surface area contributed by atoms with Crippen LogP contribution in [0, 0.1) is 17.3 Å². The predicted octanol–water partition coefficient (Wildman–Crippen LogP) is 3.01. The molecule has 0 unspecified atom stereocenters. The Morgan fingerprint density at radius 2 is 1.85 bits per heavy atom. The minimum absolute atomic E-state index is 0. The van der Waals surface area contributed by atoms with Gasteiger partial charge >= 0.3 is 0 Å². The number of guanidine groups is 1. The third kappa shape index (κ3) is 7.67. The lowest BCUT2D eigenvalue weighted by Gasteiger charge is -2.36. The van der Waals surface area contributed by atoms with Gasteiger partial charge in [0.1, 0.15) is 0 Å². The Morgan fingerprint density at radius 3 is 2.35 bits per heavy atom. The van der Waals surface area contributed by atoms with E-state index in [2.05, 4.69) is 31.1 Å². The van der Waals surface area contributed by atoms with E-state index in [-0.39, 0.29) is 24.0 Å². The van der Waals surface area contributed by atoms with Crippen LogP contribution in [0.5, 0.6) is 0 Å². The van der Waals surface area contributed by atoms with Crippen LogP contribution < -0.4 is 11.1 Å². The van der Waals surface area contributed by atoms with Crippen molar-refractivity contribution >= 4 is 29.9 Å². The Balaban J connectivity index is 0.00000361. The minimum Gasteiger partial charge on any atom is -0.383 e. The predicted molar refractivity (Wildman–Crippen MR) is 96.7 cm³/mol. The Labute approximate surface area is 141 Å². The first kappa shape index (κ1) is 20.0. The molecule has 0 amide bonds. The maximum atomic E-state index is 5.81. The number of nitrogens with two attached hydrogens (primary N) is 1. The molecule has 1 rings (SSSR count). The molecule has 0 saturated heterocycles. The number of methoxy groups -OCH3 is 1. The zero-order valence-corrected chi connectivity index (χ0v) is 15.8. The first-order valence-corrected chi connectivity index (χ1v) is 7.46. The Kier molecular flexibility index (Phi) is 9.80. The van der Waals surface area contributed by atoms with Crippen LogP contribution in [0.1, 0.15) is 46.5 Å². The van der Waals surface area contributed by atoms with Gasteiger partial charge in [0.05, 0.1) is 6.61 Å². The van der Waals surface area contributed by atoms with E-state index in [0.717, 1.165) is 19.0 Å². The lowest BCUT2D eigenvalue weighted by Crippen LogP contribution is -2.35. The number of nitrogens with one attached hydrogen (secondary N) is 1. The van der Waals surface area contributed by atoms with Gasteiger partial charge in [0.2, 0.25) is 0 Å². The Morgan fingerprint density at radius 1 is 1.25 bits per heavy atom. The first-order chi connectivity index (χ1) is 8.93. The van der Waals surface area contributed by atoms with Gasteiger partial charge in [0.25, 0.3) is 0 Å². The summed E-state index contributed by atoms with van der Waals surface area (Å²) < 4.78 is 4.96. The third-order valence-corrected chi connectivity index (χ3v) is 4.20. The second-order valence-corrected chi connectivity index (χ2v) is 6.73. The molecule has 1 aliphatic rings. The van der Waals surface area contributed by atoms with Gasteiger partial charge in [-0.3, -0.25) is 4.99 Å². The molecule has 0 radical (unpaired) electrons. The maximum absolute atomic E-state index is 5.81. The van der Waals surface area contributed by atoms with E-state index in [9.17, 15) is 0 Å². The molecule has 3 N–H and O–H groups in total. The molecule has 1 aliphatic carbocycles. The van der Waals surface area contributed by atoms with Gasteiger partial charge in [-0.05, 0) is 42.9 Å². The number of rotatable bonds is 5. The summed E-state index contributed by atoms with van der Waals surface area (Å²) in [5.41, 5.74) is 6.26. The van der Waals surface area contributed by atoms with E-state index in [1.807, 2.05) is 0 Å². The molecule has 0 atom stereocenters. The molecule has 0 bridgehead atoms. The van der Waals surface area contributed by atoms with E-state index >= 15 is 0 Å². The van der Waals surface area contributed by atoms with Gasteiger partial charge in [0.15, 0.2) is 5.96 Å². The zero-order valence-electron chi connectivity index (χ0n) is 13.4. The van der Waals surface area contributed by atoms with Crippen LogP contribution in [0.2, 0.25) is 0 Å². The van der Waals surface area contributed by atoms with Crippen molar-refractivity contribution in [2.75, 3.05) is 26.8 Å². The van der Waals surface area contributed by atoms with Crippen molar-refractivity contribution in [1.29, 1.82) is 0 Å². The molecule has 0 aromatic heterocycles. The Hall–Kier alpha value is -0.0400. The van der Waals surface area contributed by atoms with Gasteiger partial charge in [-0.1, -0.05) is 20.8 Å². The molecule has 1 fully saturated rings. The van der Waals surface area contributed by atoms with Gasteiger partial charge in [-0.2, -0.15) is 0 Å². The molecule has 0 spiro atoms. The van der Waals surface area contributed by atoms with Crippen molar-refractivity contribution < 1.29 is 4.74 Å². The zero-order chi connectivity index (χ0) is 14.3. The van der Waals surface area contributed by atoms with Crippen LogP contribution in [0.25, 0.3) is 0 Å². The summed E-state index contributed by atoms with van der Waals surface area (Å²) in [4.78, 5) is 4.43. The largest absolute Gasteiger partial charge is 0.383 e. The van der Waals surface area contributed by atoms with Gasteiger partial charge in [-0.15, -0.1) is 24.0 Å². The normalized spacial score (nSPS) is 24.1.